The van der Waals surface area contributed by atoms with E-state index in [-0.39, 0.29) is 42.6 Å². The maximum atomic E-state index is 14.1. The van der Waals surface area contributed by atoms with E-state index in [0.717, 1.165) is 18.2 Å². The molecule has 3 rings (SSSR count). The predicted molar refractivity (Wildman–Crippen MR) is 162 cm³/mol. The van der Waals surface area contributed by atoms with E-state index in [9.17, 15) is 31.6 Å². The van der Waals surface area contributed by atoms with Crippen LogP contribution >= 0.6 is 0 Å². The Labute approximate surface area is 257 Å². The maximum Gasteiger partial charge on any atom is 0.318 e. The second-order valence-electron chi connectivity index (χ2n) is 11.1. The van der Waals surface area contributed by atoms with Crippen LogP contribution in [0.3, 0.4) is 0 Å². The van der Waals surface area contributed by atoms with Crippen LogP contribution < -0.4 is 19.5 Å². The molecule has 2 aromatic carbocycles. The third kappa shape index (κ3) is 8.90. The van der Waals surface area contributed by atoms with Crippen LogP contribution in [0.25, 0.3) is 0 Å². The average Bonchev–Trinajstić information content (AvgIpc) is 2.91. The molecule has 2 aromatic rings. The Morgan fingerprint density at radius 3 is 2.05 bits per heavy atom. The number of carbonyl (C=O) groups excluding carboxylic acids is 3. The summed E-state index contributed by atoms with van der Waals surface area (Å²) in [5.41, 5.74) is -0.186. The fourth-order valence-corrected chi connectivity index (χ4v) is 5.86. The molecule has 1 aliphatic carbocycles. The molecular formula is C31H41F2N3O7S. The number of hydrogen-bond donors (Lipinski definition) is 2. The van der Waals surface area contributed by atoms with Gasteiger partial charge in [0.25, 0.3) is 11.8 Å². The summed E-state index contributed by atoms with van der Waals surface area (Å²) < 4.78 is 65.0. The van der Waals surface area contributed by atoms with Gasteiger partial charge < -0.3 is 19.7 Å². The second-order valence-corrected chi connectivity index (χ2v) is 12.8. The molecule has 0 saturated heterocycles. The highest BCUT2D eigenvalue weighted by Crippen LogP contribution is 2.46. The van der Waals surface area contributed by atoms with Crippen LogP contribution in [0.5, 0.6) is 11.5 Å². The Morgan fingerprint density at radius 1 is 1.00 bits per heavy atom. The summed E-state index contributed by atoms with van der Waals surface area (Å²) >= 11 is 0. The molecule has 1 atom stereocenters. The van der Waals surface area contributed by atoms with Gasteiger partial charge in [0.15, 0.2) is 5.78 Å². The van der Waals surface area contributed by atoms with Gasteiger partial charge in [-0.2, -0.15) is 0 Å². The van der Waals surface area contributed by atoms with Crippen LogP contribution in [0, 0.1) is 0 Å². The van der Waals surface area contributed by atoms with Crippen LogP contribution in [-0.2, 0) is 21.2 Å². The van der Waals surface area contributed by atoms with Gasteiger partial charge in [0.2, 0.25) is 10.0 Å². The van der Waals surface area contributed by atoms with Gasteiger partial charge in [-0.3, -0.25) is 14.3 Å². The second kappa shape index (κ2) is 14.4. The summed E-state index contributed by atoms with van der Waals surface area (Å²) in [5.74, 6) is -4.19. The number of alkyl halides is 2. The number of aryl methyl sites for hydroxylation is 1. The van der Waals surface area contributed by atoms with E-state index in [1.54, 1.807) is 37.6 Å². The first-order valence-electron chi connectivity index (χ1n) is 14.6. The highest BCUT2D eigenvalue weighted by Gasteiger charge is 2.62. The Kier molecular flexibility index (Phi) is 11.3. The van der Waals surface area contributed by atoms with E-state index in [0.29, 0.717) is 18.4 Å². The van der Waals surface area contributed by atoms with E-state index >= 15 is 0 Å². The molecule has 0 aromatic heterocycles. The fourth-order valence-electron chi connectivity index (χ4n) is 5.32. The van der Waals surface area contributed by atoms with Crippen molar-refractivity contribution in [2.24, 2.45) is 0 Å². The van der Waals surface area contributed by atoms with E-state index in [1.165, 1.54) is 11.8 Å². The van der Waals surface area contributed by atoms with E-state index < -0.39 is 52.3 Å². The van der Waals surface area contributed by atoms with Crippen molar-refractivity contribution in [1.82, 2.24) is 14.9 Å². The van der Waals surface area contributed by atoms with Crippen molar-refractivity contribution in [1.29, 1.82) is 0 Å². The van der Waals surface area contributed by atoms with Gasteiger partial charge in [-0.1, -0.05) is 30.3 Å². The zero-order valence-electron chi connectivity index (χ0n) is 25.7. The van der Waals surface area contributed by atoms with Crippen LogP contribution in [-0.4, -0.2) is 68.5 Å². The van der Waals surface area contributed by atoms with Crippen molar-refractivity contribution in [3.8, 4) is 11.5 Å². The molecule has 44 heavy (non-hydrogen) atoms. The topological polar surface area (TPSA) is 131 Å². The van der Waals surface area contributed by atoms with Crippen molar-refractivity contribution in [2.75, 3.05) is 26.0 Å². The van der Waals surface area contributed by atoms with Gasteiger partial charge in [0.05, 0.1) is 25.5 Å². The first-order chi connectivity index (χ1) is 20.6. The summed E-state index contributed by atoms with van der Waals surface area (Å²) in [4.78, 5) is 40.6. The molecule has 13 heteroatoms. The third-order valence-electron chi connectivity index (χ3n) is 7.39. The molecule has 0 spiro atoms. The number of unbranched alkanes of at least 4 members (excludes halogenated alkanes) is 1. The van der Waals surface area contributed by atoms with Gasteiger partial charge in [0.1, 0.15) is 22.6 Å². The van der Waals surface area contributed by atoms with Gasteiger partial charge in [-0.15, -0.1) is 0 Å². The van der Waals surface area contributed by atoms with Gasteiger partial charge >= 0.3 is 6.03 Å². The number of nitrogens with zero attached hydrogens (tertiary/aromatic N) is 1. The molecule has 3 amide bonds. The summed E-state index contributed by atoms with van der Waals surface area (Å²) in [6.07, 6.45) is 0.630. The van der Waals surface area contributed by atoms with Crippen LogP contribution in [0.2, 0.25) is 0 Å². The fraction of sp³-hybridized carbons (Fsp3) is 0.516. The van der Waals surface area contributed by atoms with Crippen LogP contribution in [0.1, 0.15) is 80.9 Å². The standard InChI is InChI=1S/C31H41F2N3O7S/c1-6-42-25-17-24(18-26(43-7-2)27(25)22(4)37)21(3)36(16-12-11-15-23-13-9-8-10-14-23)29(39)34-30(19-31(32,33)20-30)28(38)35-44(5,40)41/h8-10,13-14,17-18,21H,6-7,11-12,15-16,19-20H2,1-5H3,(H,34,39)(H,35,38)/t21-/m1/s1. The molecule has 10 nitrogen and oxygen atoms in total. The summed E-state index contributed by atoms with van der Waals surface area (Å²) in [6, 6.07) is 11.5. The van der Waals surface area contributed by atoms with Crippen molar-refractivity contribution < 1.29 is 41.1 Å². The molecule has 0 aliphatic heterocycles. The molecule has 2 N–H and O–H groups in total. The largest absolute Gasteiger partial charge is 0.493 e. The van der Waals surface area contributed by atoms with Gasteiger partial charge in [-0.25, -0.2) is 22.0 Å². The molecule has 0 unspecified atom stereocenters. The number of halogens is 2. The van der Waals surface area contributed by atoms with Crippen molar-refractivity contribution in [2.45, 2.75) is 77.3 Å². The Morgan fingerprint density at radius 2 is 1.57 bits per heavy atom. The lowest BCUT2D eigenvalue weighted by atomic mass is 9.73. The number of amides is 3. The number of benzene rings is 2. The lowest BCUT2D eigenvalue weighted by Gasteiger charge is -2.47. The molecule has 0 radical (unpaired) electrons. The lowest BCUT2D eigenvalue weighted by Crippen LogP contribution is -2.71. The molecule has 242 valence electrons. The third-order valence-corrected chi connectivity index (χ3v) is 7.94. The number of nitrogens with one attached hydrogen (secondary N) is 2. The van der Waals surface area contributed by atoms with Crippen molar-refractivity contribution in [3.05, 3.63) is 59.2 Å². The summed E-state index contributed by atoms with van der Waals surface area (Å²) in [7, 11) is -4.08. The monoisotopic (exact) mass is 637 g/mol. The van der Waals surface area contributed by atoms with Crippen LogP contribution in [0.4, 0.5) is 13.6 Å². The van der Waals surface area contributed by atoms with Crippen molar-refractivity contribution >= 4 is 27.7 Å². The summed E-state index contributed by atoms with van der Waals surface area (Å²) in [5, 5.41) is 2.44. The number of hydrogen-bond acceptors (Lipinski definition) is 7. The van der Waals surface area contributed by atoms with Gasteiger partial charge in [-0.05, 0) is 70.2 Å². The Hall–Kier alpha value is -3.74. The molecule has 1 saturated carbocycles. The highest BCUT2D eigenvalue weighted by molar-refractivity contribution is 7.89. The quantitative estimate of drug-likeness (QED) is 0.207. The molecule has 1 aliphatic rings. The number of sulfonamides is 1. The first kappa shape index (κ1) is 34.7. The predicted octanol–water partition coefficient (Wildman–Crippen LogP) is 5.03. The van der Waals surface area contributed by atoms with Crippen LogP contribution in [0.15, 0.2) is 42.5 Å². The normalized spacial score (nSPS) is 15.8. The number of Topliss-reactive ketones (excluding diaryl/α,β-unsaturated/α-hetero) is 1. The molecule has 0 bridgehead atoms. The lowest BCUT2D eigenvalue weighted by molar-refractivity contribution is -0.159. The Balaban J connectivity index is 1.96. The smallest absolute Gasteiger partial charge is 0.318 e. The number of rotatable bonds is 15. The number of urea groups is 1. The number of ether oxygens (including phenoxy) is 2. The minimum absolute atomic E-state index is 0.183. The maximum absolute atomic E-state index is 14.1. The van der Waals surface area contributed by atoms with Gasteiger partial charge in [0, 0.05) is 19.4 Å². The number of carbonyl (C=O) groups is 3. The minimum atomic E-state index is -4.08. The number of ketones is 1. The van der Waals surface area contributed by atoms with E-state index in [4.69, 9.17) is 9.47 Å². The zero-order chi connectivity index (χ0) is 32.7. The van der Waals surface area contributed by atoms with E-state index in [1.807, 2.05) is 30.3 Å². The van der Waals surface area contributed by atoms with Crippen molar-refractivity contribution in [3.63, 3.8) is 0 Å². The molecule has 0 heterocycles. The molecule has 1 fully saturated rings. The molecular weight excluding hydrogens is 596 g/mol. The minimum Gasteiger partial charge on any atom is -0.493 e. The first-order valence-corrected chi connectivity index (χ1v) is 16.5. The summed E-state index contributed by atoms with van der Waals surface area (Å²) in [6.45, 7) is 7.36. The Bertz CT molecular complexity index is 1420. The average molecular weight is 638 g/mol. The SMILES string of the molecule is CCOc1cc([C@@H](C)N(CCCCc2ccccc2)C(=O)NC2(C(=O)NS(C)(=O)=O)CC(F)(F)C2)cc(OCC)c1C(C)=O. The zero-order valence-corrected chi connectivity index (χ0v) is 26.6. The highest BCUT2D eigenvalue weighted by atomic mass is 32.2. The van der Waals surface area contributed by atoms with E-state index in [2.05, 4.69) is 5.32 Å².